The number of ether oxygens (including phenoxy) is 1. The standard InChI is InChI=1S/C13H17F2N3O2S/c1-18(13(21)16-6-3-7-20-2)17-12(19)9-4-5-10(14)11(15)8-9/h4-5,8H,3,6-7H2,1-2H3,(H,16,21)(H,17,19). The Morgan fingerprint density at radius 2 is 2.10 bits per heavy atom. The van der Waals surface area contributed by atoms with Crippen LogP contribution in [0.1, 0.15) is 16.8 Å². The molecular formula is C13H17F2N3O2S. The number of rotatable bonds is 5. The Labute approximate surface area is 127 Å². The number of thiocarbonyl (C=S) groups is 1. The Hall–Kier alpha value is -1.80. The predicted octanol–water partition coefficient (Wildman–Crippen LogP) is 1.45. The molecule has 0 aliphatic carbocycles. The molecule has 0 aromatic heterocycles. The molecule has 5 nitrogen and oxygen atoms in total. The van der Waals surface area contributed by atoms with Crippen LogP contribution in [-0.2, 0) is 4.74 Å². The molecule has 8 heteroatoms. The van der Waals surface area contributed by atoms with E-state index < -0.39 is 17.5 Å². The van der Waals surface area contributed by atoms with Crippen LogP contribution < -0.4 is 10.7 Å². The maximum absolute atomic E-state index is 13.1. The summed E-state index contributed by atoms with van der Waals surface area (Å²) in [5.41, 5.74) is 2.46. The largest absolute Gasteiger partial charge is 0.385 e. The number of methoxy groups -OCH3 is 1. The number of hydrogen-bond acceptors (Lipinski definition) is 3. The Morgan fingerprint density at radius 1 is 1.38 bits per heavy atom. The lowest BCUT2D eigenvalue weighted by atomic mass is 10.2. The molecule has 1 aromatic carbocycles. The third kappa shape index (κ3) is 5.60. The molecule has 1 aromatic rings. The minimum atomic E-state index is -1.08. The molecule has 0 unspecified atom stereocenters. The quantitative estimate of drug-likeness (QED) is 0.489. The number of hydrazine groups is 1. The second-order valence-electron chi connectivity index (χ2n) is 4.21. The molecule has 21 heavy (non-hydrogen) atoms. The van der Waals surface area contributed by atoms with Gasteiger partial charge in [0.05, 0.1) is 0 Å². The summed E-state index contributed by atoms with van der Waals surface area (Å²) in [6.07, 6.45) is 0.765. The van der Waals surface area contributed by atoms with Crippen molar-refractivity contribution in [3.8, 4) is 0 Å². The number of halogens is 2. The summed E-state index contributed by atoms with van der Waals surface area (Å²) in [6, 6.07) is 2.91. The minimum absolute atomic E-state index is 0.00272. The fourth-order valence-corrected chi connectivity index (χ4v) is 1.58. The molecule has 1 rings (SSSR count). The molecule has 0 fully saturated rings. The molecule has 0 saturated heterocycles. The number of carbonyl (C=O) groups is 1. The van der Waals surface area contributed by atoms with Crippen LogP contribution in [0.5, 0.6) is 0 Å². The van der Waals surface area contributed by atoms with E-state index in [-0.39, 0.29) is 5.56 Å². The van der Waals surface area contributed by atoms with Gasteiger partial charge in [-0.15, -0.1) is 0 Å². The number of carbonyl (C=O) groups excluding carboxylic acids is 1. The van der Waals surface area contributed by atoms with Crippen molar-refractivity contribution in [2.75, 3.05) is 27.3 Å². The Bertz CT molecular complexity index is 514. The Kier molecular flexibility index (Phi) is 6.97. The zero-order valence-electron chi connectivity index (χ0n) is 11.8. The summed E-state index contributed by atoms with van der Waals surface area (Å²) in [7, 11) is 3.15. The van der Waals surface area contributed by atoms with Crippen LogP contribution in [0.25, 0.3) is 0 Å². The summed E-state index contributed by atoms with van der Waals surface area (Å²) >= 11 is 5.07. The highest BCUT2D eigenvalue weighted by Crippen LogP contribution is 2.08. The maximum Gasteiger partial charge on any atom is 0.269 e. The third-order valence-corrected chi connectivity index (χ3v) is 2.98. The smallest absolute Gasteiger partial charge is 0.269 e. The van der Waals surface area contributed by atoms with Crippen molar-refractivity contribution in [1.82, 2.24) is 15.8 Å². The third-order valence-electron chi connectivity index (χ3n) is 2.56. The SMILES string of the molecule is COCCCNC(=S)N(C)NC(=O)c1ccc(F)c(F)c1. The zero-order valence-corrected chi connectivity index (χ0v) is 12.6. The van der Waals surface area contributed by atoms with Crippen LogP contribution in [0.2, 0.25) is 0 Å². The van der Waals surface area contributed by atoms with Crippen molar-refractivity contribution in [2.45, 2.75) is 6.42 Å². The summed E-state index contributed by atoms with van der Waals surface area (Å²) in [5, 5.41) is 4.53. The van der Waals surface area contributed by atoms with Gasteiger partial charge >= 0.3 is 0 Å². The molecule has 0 spiro atoms. The molecule has 0 atom stereocenters. The maximum atomic E-state index is 13.1. The highest BCUT2D eigenvalue weighted by Gasteiger charge is 2.12. The van der Waals surface area contributed by atoms with Crippen LogP contribution in [-0.4, -0.2) is 43.3 Å². The number of nitrogens with zero attached hydrogens (tertiary/aromatic N) is 1. The lowest BCUT2D eigenvalue weighted by Gasteiger charge is -2.21. The average Bonchev–Trinajstić information content (AvgIpc) is 2.46. The van der Waals surface area contributed by atoms with Crippen LogP contribution in [0.4, 0.5) is 8.78 Å². The highest BCUT2D eigenvalue weighted by molar-refractivity contribution is 7.80. The van der Waals surface area contributed by atoms with E-state index in [1.54, 1.807) is 14.2 Å². The van der Waals surface area contributed by atoms with Gasteiger partial charge in [-0.25, -0.2) is 8.78 Å². The topological polar surface area (TPSA) is 53.6 Å². The molecule has 116 valence electrons. The first kappa shape index (κ1) is 17.3. The van der Waals surface area contributed by atoms with Gasteiger partial charge in [0.2, 0.25) is 0 Å². The van der Waals surface area contributed by atoms with E-state index in [4.69, 9.17) is 17.0 Å². The van der Waals surface area contributed by atoms with E-state index in [9.17, 15) is 13.6 Å². The molecule has 0 bridgehead atoms. The number of amides is 1. The van der Waals surface area contributed by atoms with E-state index >= 15 is 0 Å². The van der Waals surface area contributed by atoms with Crippen molar-refractivity contribution in [3.05, 3.63) is 35.4 Å². The van der Waals surface area contributed by atoms with E-state index in [2.05, 4.69) is 10.7 Å². The molecule has 0 radical (unpaired) electrons. The van der Waals surface area contributed by atoms with Crippen LogP contribution in [0.15, 0.2) is 18.2 Å². The summed E-state index contributed by atoms with van der Waals surface area (Å²) < 4.78 is 30.7. The molecule has 0 heterocycles. The van der Waals surface area contributed by atoms with E-state index in [0.29, 0.717) is 18.3 Å². The van der Waals surface area contributed by atoms with E-state index in [1.807, 2.05) is 0 Å². The van der Waals surface area contributed by atoms with Crippen LogP contribution in [0, 0.1) is 11.6 Å². The van der Waals surface area contributed by atoms with Gasteiger partial charge in [-0.3, -0.25) is 15.2 Å². The monoisotopic (exact) mass is 317 g/mol. The van der Waals surface area contributed by atoms with Gasteiger partial charge in [-0.1, -0.05) is 0 Å². The van der Waals surface area contributed by atoms with Gasteiger partial charge in [-0.05, 0) is 36.8 Å². The number of benzene rings is 1. The Balaban J connectivity index is 2.49. The predicted molar refractivity (Wildman–Crippen MR) is 78.7 cm³/mol. The van der Waals surface area contributed by atoms with Gasteiger partial charge < -0.3 is 10.1 Å². The van der Waals surface area contributed by atoms with Crippen molar-refractivity contribution in [1.29, 1.82) is 0 Å². The second kappa shape index (κ2) is 8.48. The fraction of sp³-hybridized carbons (Fsp3) is 0.385. The molecule has 0 aliphatic rings. The van der Waals surface area contributed by atoms with Gasteiger partial charge in [0.25, 0.3) is 5.91 Å². The average molecular weight is 317 g/mol. The van der Waals surface area contributed by atoms with Crippen molar-refractivity contribution >= 4 is 23.2 Å². The van der Waals surface area contributed by atoms with Gasteiger partial charge in [-0.2, -0.15) is 0 Å². The number of hydrogen-bond donors (Lipinski definition) is 2. The molecular weight excluding hydrogens is 300 g/mol. The number of nitrogens with one attached hydrogen (secondary N) is 2. The van der Waals surface area contributed by atoms with Crippen LogP contribution in [0.3, 0.4) is 0 Å². The molecule has 1 amide bonds. The summed E-state index contributed by atoms with van der Waals surface area (Å²) in [4.78, 5) is 11.9. The highest BCUT2D eigenvalue weighted by atomic mass is 32.1. The lowest BCUT2D eigenvalue weighted by Crippen LogP contribution is -2.48. The Morgan fingerprint density at radius 3 is 2.71 bits per heavy atom. The van der Waals surface area contributed by atoms with Gasteiger partial charge in [0, 0.05) is 32.9 Å². The first-order chi connectivity index (χ1) is 9.95. The minimum Gasteiger partial charge on any atom is -0.385 e. The summed E-state index contributed by atoms with van der Waals surface area (Å²) in [6.45, 7) is 1.19. The summed E-state index contributed by atoms with van der Waals surface area (Å²) in [5.74, 6) is -2.67. The van der Waals surface area contributed by atoms with Crippen molar-refractivity contribution in [3.63, 3.8) is 0 Å². The second-order valence-corrected chi connectivity index (χ2v) is 4.59. The molecule has 0 saturated carbocycles. The van der Waals surface area contributed by atoms with Gasteiger partial charge in [0.1, 0.15) is 0 Å². The normalized spacial score (nSPS) is 10.1. The van der Waals surface area contributed by atoms with Gasteiger partial charge in [0.15, 0.2) is 16.7 Å². The van der Waals surface area contributed by atoms with E-state index in [0.717, 1.165) is 18.6 Å². The van der Waals surface area contributed by atoms with Crippen molar-refractivity contribution in [2.24, 2.45) is 0 Å². The first-order valence-corrected chi connectivity index (χ1v) is 6.63. The lowest BCUT2D eigenvalue weighted by molar-refractivity contribution is 0.0885. The zero-order chi connectivity index (χ0) is 15.8. The van der Waals surface area contributed by atoms with Crippen LogP contribution >= 0.6 is 12.2 Å². The van der Waals surface area contributed by atoms with Crippen molar-refractivity contribution < 1.29 is 18.3 Å². The molecule has 2 N–H and O–H groups in total. The fourth-order valence-electron chi connectivity index (χ4n) is 1.44. The van der Waals surface area contributed by atoms with E-state index in [1.165, 1.54) is 11.1 Å². The first-order valence-electron chi connectivity index (χ1n) is 6.22. The molecule has 0 aliphatic heterocycles.